The van der Waals surface area contributed by atoms with Crippen molar-refractivity contribution in [1.82, 2.24) is 14.9 Å². The number of carbonyl (C=O) groups excluding carboxylic acids is 1. The van der Waals surface area contributed by atoms with Gasteiger partial charge in [-0.15, -0.1) is 0 Å². The van der Waals surface area contributed by atoms with Crippen molar-refractivity contribution in [1.29, 1.82) is 0 Å². The van der Waals surface area contributed by atoms with Gasteiger partial charge in [-0.05, 0) is 36.2 Å². The number of aryl methyl sites for hydroxylation is 1. The van der Waals surface area contributed by atoms with Gasteiger partial charge in [0.2, 0.25) is 5.91 Å². The topological polar surface area (TPSA) is 46.9 Å². The van der Waals surface area contributed by atoms with Gasteiger partial charge in [0.05, 0.1) is 11.0 Å². The second kappa shape index (κ2) is 6.29. The highest BCUT2D eigenvalue weighted by atomic mass is 35.5. The molecule has 122 valence electrons. The summed E-state index contributed by atoms with van der Waals surface area (Å²) in [6, 6.07) is 15.7. The Morgan fingerprint density at radius 3 is 2.83 bits per heavy atom. The number of amides is 1. The molecule has 0 aliphatic carbocycles. The molecule has 0 saturated heterocycles. The minimum atomic E-state index is -0.0124. The second-order valence-electron chi connectivity index (χ2n) is 6.20. The quantitative estimate of drug-likeness (QED) is 0.793. The first-order valence-electron chi connectivity index (χ1n) is 8.17. The summed E-state index contributed by atoms with van der Waals surface area (Å²) in [6.45, 7) is 1.37. The van der Waals surface area contributed by atoms with Crippen molar-refractivity contribution in [2.45, 2.75) is 25.9 Å². The van der Waals surface area contributed by atoms with Crippen LogP contribution in [0.25, 0.3) is 11.0 Å². The molecule has 1 N–H and O–H groups in total. The molecule has 0 saturated carbocycles. The summed E-state index contributed by atoms with van der Waals surface area (Å²) in [5.41, 5.74) is 3.22. The number of fused-ring (bicyclic) bond motifs is 3. The highest BCUT2D eigenvalue weighted by Crippen LogP contribution is 2.25. The van der Waals surface area contributed by atoms with Crippen LogP contribution in [-0.4, -0.2) is 15.5 Å². The molecular weight excluding hydrogens is 322 g/mol. The average molecular weight is 340 g/mol. The maximum absolute atomic E-state index is 12.5. The first-order valence-corrected chi connectivity index (χ1v) is 8.55. The third kappa shape index (κ3) is 2.89. The second-order valence-corrected chi connectivity index (χ2v) is 6.64. The number of nitrogens with one attached hydrogen (secondary N) is 1. The number of nitrogens with zero attached hydrogens (tertiary/aromatic N) is 2. The van der Waals surface area contributed by atoms with Crippen molar-refractivity contribution in [3.8, 4) is 0 Å². The molecule has 0 spiro atoms. The maximum atomic E-state index is 12.5. The Hall–Kier alpha value is -2.33. The zero-order chi connectivity index (χ0) is 16.5. The van der Waals surface area contributed by atoms with Gasteiger partial charge in [0.1, 0.15) is 5.82 Å². The van der Waals surface area contributed by atoms with Crippen LogP contribution in [0.2, 0.25) is 5.02 Å². The molecule has 1 atom stereocenters. The summed E-state index contributed by atoms with van der Waals surface area (Å²) in [5, 5.41) is 3.74. The van der Waals surface area contributed by atoms with Gasteiger partial charge in [-0.3, -0.25) is 4.79 Å². The lowest BCUT2D eigenvalue weighted by molar-refractivity contribution is -0.125. The molecule has 0 radical (unpaired) electrons. The Labute approximate surface area is 145 Å². The van der Waals surface area contributed by atoms with E-state index in [2.05, 4.69) is 20.9 Å². The van der Waals surface area contributed by atoms with E-state index in [1.807, 2.05) is 42.5 Å². The van der Waals surface area contributed by atoms with E-state index in [-0.39, 0.29) is 11.8 Å². The lowest BCUT2D eigenvalue weighted by atomic mass is 9.96. The monoisotopic (exact) mass is 339 g/mol. The van der Waals surface area contributed by atoms with Gasteiger partial charge in [0, 0.05) is 30.5 Å². The van der Waals surface area contributed by atoms with Gasteiger partial charge in [-0.2, -0.15) is 0 Å². The standard InChI is InChI=1S/C19H18ClN3O/c20-15-7-5-13(6-8-15)12-21-19(24)14-9-10-23-17-4-2-1-3-16(17)22-18(23)11-14/h1-8,14H,9-12H2,(H,21,24)/t14-/m0/s1. The van der Waals surface area contributed by atoms with Crippen LogP contribution in [0, 0.1) is 5.92 Å². The summed E-state index contributed by atoms with van der Waals surface area (Å²) in [4.78, 5) is 17.2. The summed E-state index contributed by atoms with van der Waals surface area (Å²) in [5.74, 6) is 1.10. The van der Waals surface area contributed by atoms with Crippen LogP contribution in [0.5, 0.6) is 0 Å². The van der Waals surface area contributed by atoms with E-state index in [4.69, 9.17) is 11.6 Å². The Balaban J connectivity index is 1.44. The van der Waals surface area contributed by atoms with E-state index in [9.17, 15) is 4.79 Å². The van der Waals surface area contributed by atoms with E-state index in [0.29, 0.717) is 18.0 Å². The lowest BCUT2D eigenvalue weighted by Crippen LogP contribution is -2.35. The molecule has 3 aromatic rings. The summed E-state index contributed by atoms with van der Waals surface area (Å²) >= 11 is 5.88. The molecule has 1 aliphatic rings. The van der Waals surface area contributed by atoms with Crippen molar-refractivity contribution < 1.29 is 4.79 Å². The van der Waals surface area contributed by atoms with Crippen LogP contribution in [0.15, 0.2) is 48.5 Å². The van der Waals surface area contributed by atoms with Crippen molar-refractivity contribution in [3.05, 3.63) is 64.9 Å². The van der Waals surface area contributed by atoms with Crippen LogP contribution >= 0.6 is 11.6 Å². The zero-order valence-electron chi connectivity index (χ0n) is 13.2. The van der Waals surface area contributed by atoms with E-state index in [1.54, 1.807) is 0 Å². The van der Waals surface area contributed by atoms with Gasteiger partial charge < -0.3 is 9.88 Å². The molecule has 2 aromatic carbocycles. The van der Waals surface area contributed by atoms with Crippen molar-refractivity contribution in [2.24, 2.45) is 5.92 Å². The maximum Gasteiger partial charge on any atom is 0.223 e. The smallest absolute Gasteiger partial charge is 0.223 e. The summed E-state index contributed by atoms with van der Waals surface area (Å²) < 4.78 is 2.23. The molecule has 24 heavy (non-hydrogen) atoms. The fraction of sp³-hybridized carbons (Fsp3) is 0.263. The Morgan fingerprint density at radius 2 is 2.00 bits per heavy atom. The largest absolute Gasteiger partial charge is 0.352 e. The zero-order valence-corrected chi connectivity index (χ0v) is 14.0. The highest BCUT2D eigenvalue weighted by Gasteiger charge is 2.26. The Morgan fingerprint density at radius 1 is 1.21 bits per heavy atom. The fourth-order valence-corrected chi connectivity index (χ4v) is 3.42. The number of rotatable bonds is 3. The molecular formula is C19H18ClN3O. The van der Waals surface area contributed by atoms with Crippen LogP contribution in [0.4, 0.5) is 0 Å². The number of para-hydroxylation sites is 2. The van der Waals surface area contributed by atoms with Crippen LogP contribution in [0.1, 0.15) is 17.8 Å². The third-order valence-electron chi connectivity index (χ3n) is 4.61. The van der Waals surface area contributed by atoms with Gasteiger partial charge in [-0.1, -0.05) is 35.9 Å². The number of benzene rings is 2. The third-order valence-corrected chi connectivity index (χ3v) is 4.87. The molecule has 1 aromatic heterocycles. The van der Waals surface area contributed by atoms with Crippen LogP contribution in [-0.2, 0) is 24.3 Å². The van der Waals surface area contributed by atoms with Gasteiger partial charge in [0.15, 0.2) is 0 Å². The minimum absolute atomic E-state index is 0.0124. The van der Waals surface area contributed by atoms with E-state index in [0.717, 1.165) is 35.4 Å². The fourth-order valence-electron chi connectivity index (χ4n) is 3.30. The first kappa shape index (κ1) is 15.2. The van der Waals surface area contributed by atoms with Gasteiger partial charge in [0.25, 0.3) is 0 Å². The molecule has 4 nitrogen and oxygen atoms in total. The Kier molecular flexibility index (Phi) is 3.98. The normalized spacial score (nSPS) is 16.8. The number of halogens is 1. The number of carbonyl (C=O) groups is 1. The molecule has 5 heteroatoms. The van der Waals surface area contributed by atoms with Gasteiger partial charge >= 0.3 is 0 Å². The highest BCUT2D eigenvalue weighted by molar-refractivity contribution is 6.30. The number of hydrogen-bond acceptors (Lipinski definition) is 2. The molecule has 0 unspecified atom stereocenters. The molecule has 0 bridgehead atoms. The van der Waals surface area contributed by atoms with Crippen molar-refractivity contribution in [2.75, 3.05) is 0 Å². The predicted molar refractivity (Wildman–Crippen MR) is 94.8 cm³/mol. The number of aromatic nitrogens is 2. The molecule has 1 amide bonds. The molecule has 1 aliphatic heterocycles. The van der Waals surface area contributed by atoms with E-state index >= 15 is 0 Å². The molecule has 0 fully saturated rings. The SMILES string of the molecule is O=C(NCc1ccc(Cl)cc1)[C@H]1CCn2c(nc3ccccc32)C1. The minimum Gasteiger partial charge on any atom is -0.352 e. The Bertz CT molecular complexity index is 885. The molecule has 4 rings (SSSR count). The van der Waals surface area contributed by atoms with E-state index < -0.39 is 0 Å². The molecule has 2 heterocycles. The summed E-state index contributed by atoms with van der Waals surface area (Å²) in [7, 11) is 0. The van der Waals surface area contributed by atoms with E-state index in [1.165, 1.54) is 0 Å². The van der Waals surface area contributed by atoms with Gasteiger partial charge in [-0.25, -0.2) is 4.98 Å². The van der Waals surface area contributed by atoms with Crippen LogP contribution in [0.3, 0.4) is 0 Å². The van der Waals surface area contributed by atoms with Crippen LogP contribution < -0.4 is 5.32 Å². The summed E-state index contributed by atoms with van der Waals surface area (Å²) in [6.07, 6.45) is 1.54. The predicted octanol–water partition coefficient (Wildman–Crippen LogP) is 3.57. The van der Waals surface area contributed by atoms with Crippen molar-refractivity contribution >= 4 is 28.5 Å². The number of hydrogen-bond donors (Lipinski definition) is 1. The number of imidazole rings is 1. The average Bonchev–Trinajstić information content (AvgIpc) is 2.98. The first-order chi connectivity index (χ1) is 11.7. The lowest BCUT2D eigenvalue weighted by Gasteiger charge is -2.23. The van der Waals surface area contributed by atoms with Crippen molar-refractivity contribution in [3.63, 3.8) is 0 Å².